The molecule has 1 fully saturated rings. The fourth-order valence-electron chi connectivity index (χ4n) is 1.95. The van der Waals surface area contributed by atoms with Crippen LogP contribution in [0.1, 0.15) is 71.7 Å². The molecule has 0 saturated heterocycles. The van der Waals surface area contributed by atoms with Gasteiger partial charge in [-0.25, -0.2) is 9.78 Å². The Morgan fingerprint density at radius 3 is 2.56 bits per heavy atom. The molecule has 0 aliphatic heterocycles. The number of hydrogen-bond donors (Lipinski definition) is 1. The Bertz CT molecular complexity index is 392. The van der Waals surface area contributed by atoms with Crippen molar-refractivity contribution in [2.45, 2.75) is 51.4 Å². The van der Waals surface area contributed by atoms with Crippen LogP contribution in [-0.2, 0) is 0 Å². The summed E-state index contributed by atoms with van der Waals surface area (Å²) in [7, 11) is 0. The number of rotatable bonds is 5. The average molecular weight is 239 g/mol. The van der Waals surface area contributed by atoms with Crippen molar-refractivity contribution in [2.24, 2.45) is 0 Å². The van der Waals surface area contributed by atoms with Gasteiger partial charge in [0.05, 0.1) is 10.7 Å². The molecule has 0 radical (unpaired) electrons. The minimum absolute atomic E-state index is 0.422. The number of carboxylic acids is 1. The Morgan fingerprint density at radius 2 is 2.12 bits per heavy atom. The zero-order chi connectivity index (χ0) is 11.7. The second-order valence-corrected chi connectivity index (χ2v) is 5.39. The normalized spacial score (nSPS) is 15.7. The molecule has 0 amide bonds. The number of aromatic carboxylic acids is 1. The molecule has 0 spiro atoms. The summed E-state index contributed by atoms with van der Waals surface area (Å²) in [6, 6.07) is 0. The molecule has 2 rings (SSSR count). The van der Waals surface area contributed by atoms with Gasteiger partial charge in [-0.3, -0.25) is 0 Å². The summed E-state index contributed by atoms with van der Waals surface area (Å²) in [5, 5.41) is 10.2. The number of carboxylic acid groups (broad SMARTS) is 1. The van der Waals surface area contributed by atoms with E-state index in [0.29, 0.717) is 16.7 Å². The summed E-state index contributed by atoms with van der Waals surface area (Å²) in [6.45, 7) is 4.26. The molecular formula is C12H17NO2S. The van der Waals surface area contributed by atoms with Gasteiger partial charge in [0.2, 0.25) is 0 Å². The van der Waals surface area contributed by atoms with Gasteiger partial charge in [0.25, 0.3) is 0 Å². The van der Waals surface area contributed by atoms with Crippen molar-refractivity contribution in [3.63, 3.8) is 0 Å². The minimum Gasteiger partial charge on any atom is -0.477 e. The molecule has 1 aromatic rings. The Hall–Kier alpha value is -0.900. The number of nitrogens with zero attached hydrogens (tertiary/aromatic N) is 1. The molecule has 1 heterocycles. The highest BCUT2D eigenvalue weighted by molar-refractivity contribution is 7.13. The van der Waals surface area contributed by atoms with Crippen LogP contribution in [0.2, 0.25) is 0 Å². The first kappa shape index (κ1) is 11.6. The van der Waals surface area contributed by atoms with Crippen LogP contribution in [0.5, 0.6) is 0 Å². The zero-order valence-electron chi connectivity index (χ0n) is 9.69. The lowest BCUT2D eigenvalue weighted by Gasteiger charge is -2.06. The molecule has 0 unspecified atom stereocenters. The SMILES string of the molecule is CCC(CC)c1nc(C2CC2)c(C(=O)O)s1. The monoisotopic (exact) mass is 239 g/mol. The molecule has 0 atom stereocenters. The number of carbonyl (C=O) groups is 1. The van der Waals surface area contributed by atoms with E-state index in [1.165, 1.54) is 11.3 Å². The summed E-state index contributed by atoms with van der Waals surface area (Å²) in [5.74, 6) is 0.0395. The molecule has 1 saturated carbocycles. The van der Waals surface area contributed by atoms with E-state index in [9.17, 15) is 4.79 Å². The van der Waals surface area contributed by atoms with Gasteiger partial charge in [-0.15, -0.1) is 11.3 Å². The topological polar surface area (TPSA) is 50.2 Å². The first-order valence-corrected chi connectivity index (χ1v) is 6.72. The van der Waals surface area contributed by atoms with Crippen molar-refractivity contribution in [3.8, 4) is 0 Å². The van der Waals surface area contributed by atoms with Gasteiger partial charge in [0.1, 0.15) is 4.88 Å². The summed E-state index contributed by atoms with van der Waals surface area (Å²) >= 11 is 1.38. The third-order valence-corrected chi connectivity index (χ3v) is 4.38. The van der Waals surface area contributed by atoms with Gasteiger partial charge in [-0.05, 0) is 25.7 Å². The maximum Gasteiger partial charge on any atom is 0.347 e. The van der Waals surface area contributed by atoms with Gasteiger partial charge < -0.3 is 5.11 Å². The highest BCUT2D eigenvalue weighted by Gasteiger charge is 2.32. The molecule has 88 valence electrons. The maximum absolute atomic E-state index is 11.1. The van der Waals surface area contributed by atoms with Crippen LogP contribution in [0.4, 0.5) is 0 Å². The van der Waals surface area contributed by atoms with Gasteiger partial charge in [0, 0.05) is 11.8 Å². The molecule has 1 aliphatic rings. The predicted molar refractivity (Wildman–Crippen MR) is 64.4 cm³/mol. The summed E-state index contributed by atoms with van der Waals surface area (Å²) in [6.07, 6.45) is 4.28. The quantitative estimate of drug-likeness (QED) is 0.853. The average Bonchev–Trinajstić information content (AvgIpc) is 3.01. The van der Waals surface area contributed by atoms with Gasteiger partial charge in [0.15, 0.2) is 0 Å². The largest absolute Gasteiger partial charge is 0.477 e. The molecule has 0 bridgehead atoms. The highest BCUT2D eigenvalue weighted by atomic mass is 32.1. The van der Waals surface area contributed by atoms with E-state index < -0.39 is 5.97 Å². The summed E-state index contributed by atoms with van der Waals surface area (Å²) in [4.78, 5) is 16.2. The third kappa shape index (κ3) is 2.12. The number of aromatic nitrogens is 1. The van der Waals surface area contributed by atoms with Crippen molar-refractivity contribution in [2.75, 3.05) is 0 Å². The van der Waals surface area contributed by atoms with Crippen LogP contribution in [0.25, 0.3) is 0 Å². The lowest BCUT2D eigenvalue weighted by atomic mass is 10.1. The second-order valence-electron chi connectivity index (χ2n) is 4.36. The Kier molecular flexibility index (Phi) is 3.28. The van der Waals surface area contributed by atoms with E-state index in [4.69, 9.17) is 5.11 Å². The Labute approximate surface area is 99.5 Å². The summed E-state index contributed by atoms with van der Waals surface area (Å²) in [5.41, 5.74) is 0.847. The Balaban J connectivity index is 2.33. The highest BCUT2D eigenvalue weighted by Crippen LogP contribution is 2.44. The van der Waals surface area contributed by atoms with E-state index in [1.54, 1.807) is 0 Å². The van der Waals surface area contributed by atoms with Gasteiger partial charge in [-0.2, -0.15) is 0 Å². The second kappa shape index (κ2) is 4.53. The van der Waals surface area contributed by atoms with Crippen molar-refractivity contribution < 1.29 is 9.90 Å². The lowest BCUT2D eigenvalue weighted by Crippen LogP contribution is -1.97. The van der Waals surface area contributed by atoms with Gasteiger partial charge in [-0.1, -0.05) is 13.8 Å². The zero-order valence-corrected chi connectivity index (χ0v) is 10.5. The molecular weight excluding hydrogens is 222 g/mol. The lowest BCUT2D eigenvalue weighted by molar-refractivity contribution is 0.0700. The van der Waals surface area contributed by atoms with E-state index >= 15 is 0 Å². The van der Waals surface area contributed by atoms with Gasteiger partial charge >= 0.3 is 5.97 Å². The van der Waals surface area contributed by atoms with Crippen molar-refractivity contribution in [1.82, 2.24) is 4.98 Å². The molecule has 16 heavy (non-hydrogen) atoms. The third-order valence-electron chi connectivity index (χ3n) is 3.16. The molecule has 1 aliphatic carbocycles. The first-order chi connectivity index (χ1) is 7.67. The number of thiazole rings is 1. The van der Waals surface area contributed by atoms with E-state index in [1.807, 2.05) is 0 Å². The smallest absolute Gasteiger partial charge is 0.347 e. The van der Waals surface area contributed by atoms with Crippen LogP contribution < -0.4 is 0 Å². The fraction of sp³-hybridized carbons (Fsp3) is 0.667. The van der Waals surface area contributed by atoms with Crippen LogP contribution in [0.3, 0.4) is 0 Å². The van der Waals surface area contributed by atoms with Crippen LogP contribution in [-0.4, -0.2) is 16.1 Å². The van der Waals surface area contributed by atoms with Crippen LogP contribution in [0, 0.1) is 0 Å². The number of hydrogen-bond acceptors (Lipinski definition) is 3. The predicted octanol–water partition coefficient (Wildman–Crippen LogP) is 3.62. The van der Waals surface area contributed by atoms with E-state index in [2.05, 4.69) is 18.8 Å². The molecule has 0 aromatic carbocycles. The van der Waals surface area contributed by atoms with E-state index in [0.717, 1.165) is 36.4 Å². The first-order valence-electron chi connectivity index (χ1n) is 5.91. The van der Waals surface area contributed by atoms with Crippen LogP contribution in [0.15, 0.2) is 0 Å². The fourth-order valence-corrected chi connectivity index (χ4v) is 3.21. The molecule has 4 heteroatoms. The van der Waals surface area contributed by atoms with Crippen LogP contribution >= 0.6 is 11.3 Å². The molecule has 1 aromatic heterocycles. The maximum atomic E-state index is 11.1. The summed E-state index contributed by atoms with van der Waals surface area (Å²) < 4.78 is 0. The van der Waals surface area contributed by atoms with Crippen molar-refractivity contribution in [3.05, 3.63) is 15.6 Å². The molecule has 3 nitrogen and oxygen atoms in total. The molecule has 1 N–H and O–H groups in total. The van der Waals surface area contributed by atoms with E-state index in [-0.39, 0.29) is 0 Å². The van der Waals surface area contributed by atoms with Crippen molar-refractivity contribution >= 4 is 17.3 Å². The Morgan fingerprint density at radius 1 is 1.50 bits per heavy atom. The van der Waals surface area contributed by atoms with Crippen molar-refractivity contribution in [1.29, 1.82) is 0 Å². The minimum atomic E-state index is -0.809. The standard InChI is InChI=1S/C12H17NO2S/c1-3-7(4-2)11-13-9(8-5-6-8)10(16-11)12(14)15/h7-8H,3-6H2,1-2H3,(H,14,15).